The summed E-state index contributed by atoms with van der Waals surface area (Å²) in [5.74, 6) is 0.185. The SMILES string of the molecule is CC(NC(=O)NCCCOCC1CC1)c1cc(F)c(Cl)cc1Cl. The van der Waals surface area contributed by atoms with Crippen molar-refractivity contribution in [1.29, 1.82) is 0 Å². The molecule has 1 aliphatic carbocycles. The number of carbonyl (C=O) groups excluding carboxylic acids is 1. The molecule has 1 saturated carbocycles. The Bertz CT molecular complexity index is 553. The first-order chi connectivity index (χ1) is 11.0. The van der Waals surface area contributed by atoms with E-state index >= 15 is 0 Å². The van der Waals surface area contributed by atoms with Crippen LogP contribution in [0.1, 0.15) is 37.8 Å². The maximum Gasteiger partial charge on any atom is 0.315 e. The van der Waals surface area contributed by atoms with E-state index in [1.165, 1.54) is 25.0 Å². The Hall–Kier alpha value is -1.04. The molecule has 0 spiro atoms. The van der Waals surface area contributed by atoms with Crippen LogP contribution in [-0.4, -0.2) is 25.8 Å². The van der Waals surface area contributed by atoms with Gasteiger partial charge in [-0.3, -0.25) is 0 Å². The van der Waals surface area contributed by atoms with Crippen LogP contribution in [0.25, 0.3) is 0 Å². The van der Waals surface area contributed by atoms with Gasteiger partial charge in [-0.15, -0.1) is 0 Å². The average molecular weight is 363 g/mol. The van der Waals surface area contributed by atoms with Crippen molar-refractivity contribution in [3.05, 3.63) is 33.6 Å². The van der Waals surface area contributed by atoms with E-state index in [4.69, 9.17) is 27.9 Å². The molecule has 1 aliphatic rings. The summed E-state index contributed by atoms with van der Waals surface area (Å²) in [6.45, 7) is 3.71. The molecule has 0 radical (unpaired) electrons. The zero-order valence-corrected chi connectivity index (χ0v) is 14.5. The topological polar surface area (TPSA) is 50.4 Å². The fourth-order valence-electron chi connectivity index (χ4n) is 2.11. The van der Waals surface area contributed by atoms with Crippen LogP contribution >= 0.6 is 23.2 Å². The number of carbonyl (C=O) groups is 1. The Morgan fingerprint density at radius 2 is 2.13 bits per heavy atom. The van der Waals surface area contributed by atoms with Crippen LogP contribution in [0, 0.1) is 11.7 Å². The summed E-state index contributed by atoms with van der Waals surface area (Å²) >= 11 is 11.7. The quantitative estimate of drug-likeness (QED) is 0.534. The third-order valence-electron chi connectivity index (χ3n) is 3.66. The van der Waals surface area contributed by atoms with Gasteiger partial charge in [0.05, 0.1) is 11.1 Å². The van der Waals surface area contributed by atoms with Gasteiger partial charge in [0.2, 0.25) is 0 Å². The third-order valence-corrected chi connectivity index (χ3v) is 4.27. The van der Waals surface area contributed by atoms with Gasteiger partial charge in [-0.25, -0.2) is 9.18 Å². The molecule has 2 amide bonds. The van der Waals surface area contributed by atoms with E-state index in [1.54, 1.807) is 6.92 Å². The van der Waals surface area contributed by atoms with Crippen molar-refractivity contribution in [1.82, 2.24) is 10.6 Å². The van der Waals surface area contributed by atoms with Crippen molar-refractivity contribution in [2.45, 2.75) is 32.2 Å². The van der Waals surface area contributed by atoms with Crippen LogP contribution in [0.3, 0.4) is 0 Å². The fourth-order valence-corrected chi connectivity index (χ4v) is 2.65. The van der Waals surface area contributed by atoms with Gasteiger partial charge < -0.3 is 15.4 Å². The number of nitrogens with one attached hydrogen (secondary N) is 2. The van der Waals surface area contributed by atoms with E-state index < -0.39 is 11.9 Å². The van der Waals surface area contributed by atoms with E-state index in [0.717, 1.165) is 18.9 Å². The fraction of sp³-hybridized carbons (Fsp3) is 0.562. The highest BCUT2D eigenvalue weighted by atomic mass is 35.5. The van der Waals surface area contributed by atoms with Crippen molar-refractivity contribution in [2.75, 3.05) is 19.8 Å². The molecule has 0 heterocycles. The smallest absolute Gasteiger partial charge is 0.315 e. The molecule has 1 fully saturated rings. The van der Waals surface area contributed by atoms with Crippen LogP contribution in [0.5, 0.6) is 0 Å². The predicted molar refractivity (Wildman–Crippen MR) is 89.5 cm³/mol. The molecule has 0 bridgehead atoms. The normalized spacial score (nSPS) is 15.3. The number of benzene rings is 1. The number of hydrogen-bond acceptors (Lipinski definition) is 2. The summed E-state index contributed by atoms with van der Waals surface area (Å²) in [6.07, 6.45) is 3.30. The maximum absolute atomic E-state index is 13.5. The van der Waals surface area contributed by atoms with Gasteiger partial charge in [0.1, 0.15) is 5.82 Å². The molecule has 23 heavy (non-hydrogen) atoms. The van der Waals surface area contributed by atoms with E-state index in [0.29, 0.717) is 23.7 Å². The van der Waals surface area contributed by atoms with Crippen LogP contribution in [0.4, 0.5) is 9.18 Å². The molecule has 0 aromatic heterocycles. The molecule has 2 rings (SSSR count). The minimum Gasteiger partial charge on any atom is -0.381 e. The second-order valence-electron chi connectivity index (χ2n) is 5.78. The second-order valence-corrected chi connectivity index (χ2v) is 6.60. The zero-order chi connectivity index (χ0) is 16.8. The van der Waals surface area contributed by atoms with E-state index in [2.05, 4.69) is 10.6 Å². The highest BCUT2D eigenvalue weighted by Crippen LogP contribution is 2.29. The number of ether oxygens (including phenoxy) is 1. The number of amides is 2. The van der Waals surface area contributed by atoms with Crippen LogP contribution in [0.15, 0.2) is 12.1 Å². The molecule has 7 heteroatoms. The van der Waals surface area contributed by atoms with E-state index in [-0.39, 0.29) is 11.1 Å². The highest BCUT2D eigenvalue weighted by molar-refractivity contribution is 6.35. The Labute approximate surface area is 145 Å². The molecule has 1 atom stereocenters. The number of halogens is 3. The van der Waals surface area contributed by atoms with E-state index in [1.807, 2.05) is 0 Å². The van der Waals surface area contributed by atoms with Crippen LogP contribution in [-0.2, 0) is 4.74 Å². The highest BCUT2D eigenvalue weighted by Gasteiger charge is 2.20. The number of urea groups is 1. The Morgan fingerprint density at radius 1 is 1.39 bits per heavy atom. The summed E-state index contributed by atoms with van der Waals surface area (Å²) in [5.41, 5.74) is 0.483. The van der Waals surface area contributed by atoms with Crippen molar-refractivity contribution in [3.63, 3.8) is 0 Å². The van der Waals surface area contributed by atoms with Crippen molar-refractivity contribution in [3.8, 4) is 0 Å². The average Bonchev–Trinajstić information content (AvgIpc) is 3.30. The van der Waals surface area contributed by atoms with Gasteiger partial charge in [0, 0.05) is 24.8 Å². The monoisotopic (exact) mass is 362 g/mol. The first-order valence-electron chi connectivity index (χ1n) is 7.74. The van der Waals surface area contributed by atoms with Gasteiger partial charge in [-0.2, -0.15) is 0 Å². The molecule has 1 aromatic rings. The lowest BCUT2D eigenvalue weighted by molar-refractivity contribution is 0.122. The molecular weight excluding hydrogens is 342 g/mol. The van der Waals surface area contributed by atoms with Gasteiger partial charge in [-0.1, -0.05) is 23.2 Å². The summed E-state index contributed by atoms with van der Waals surface area (Å²) in [4.78, 5) is 11.8. The first-order valence-corrected chi connectivity index (χ1v) is 8.49. The van der Waals surface area contributed by atoms with Gasteiger partial charge in [0.15, 0.2) is 0 Å². The molecule has 0 saturated heterocycles. The molecular formula is C16H21Cl2FN2O2. The molecule has 1 unspecified atom stereocenters. The summed E-state index contributed by atoms with van der Waals surface area (Å²) < 4.78 is 19.0. The lowest BCUT2D eigenvalue weighted by Crippen LogP contribution is -2.37. The Balaban J connectivity index is 1.68. The van der Waals surface area contributed by atoms with E-state index in [9.17, 15) is 9.18 Å². The minimum atomic E-state index is -0.562. The summed E-state index contributed by atoms with van der Waals surface area (Å²) in [5, 5.41) is 5.73. The van der Waals surface area contributed by atoms with Gasteiger partial charge in [-0.05, 0) is 49.8 Å². The molecule has 128 valence electrons. The Kier molecular flexibility index (Phi) is 6.93. The second kappa shape index (κ2) is 8.71. The van der Waals surface area contributed by atoms with Gasteiger partial charge in [0.25, 0.3) is 0 Å². The lowest BCUT2D eigenvalue weighted by atomic mass is 10.1. The molecule has 1 aromatic carbocycles. The standard InChI is InChI=1S/C16H21Cl2FN2O2/c1-10(12-7-15(19)14(18)8-13(12)17)21-16(22)20-5-2-6-23-9-11-3-4-11/h7-8,10-11H,2-6,9H2,1H3,(H2,20,21,22). The summed E-state index contributed by atoms with van der Waals surface area (Å²) in [6, 6.07) is 1.81. The largest absolute Gasteiger partial charge is 0.381 e. The van der Waals surface area contributed by atoms with Crippen molar-refractivity contribution < 1.29 is 13.9 Å². The van der Waals surface area contributed by atoms with Crippen molar-refractivity contribution >= 4 is 29.2 Å². The summed E-state index contributed by atoms with van der Waals surface area (Å²) in [7, 11) is 0. The lowest BCUT2D eigenvalue weighted by Gasteiger charge is -2.17. The van der Waals surface area contributed by atoms with Crippen LogP contribution in [0.2, 0.25) is 10.0 Å². The molecule has 4 nitrogen and oxygen atoms in total. The van der Waals surface area contributed by atoms with Crippen molar-refractivity contribution in [2.24, 2.45) is 5.92 Å². The molecule has 0 aliphatic heterocycles. The van der Waals surface area contributed by atoms with Crippen LogP contribution < -0.4 is 10.6 Å². The number of rotatable bonds is 8. The van der Waals surface area contributed by atoms with Gasteiger partial charge >= 0.3 is 6.03 Å². The minimum absolute atomic E-state index is 0.0402. The maximum atomic E-state index is 13.5. The predicted octanol–water partition coefficient (Wildman–Crippen LogP) is 4.31. The number of hydrogen-bond donors (Lipinski definition) is 2. The third kappa shape index (κ3) is 6.16. The Morgan fingerprint density at radius 3 is 2.83 bits per heavy atom. The first kappa shape index (κ1) is 18.3. The molecule has 2 N–H and O–H groups in total. The zero-order valence-electron chi connectivity index (χ0n) is 13.0.